The largest absolute Gasteiger partial charge is 0.488 e. The highest BCUT2D eigenvalue weighted by atomic mass is 16.5. The fourth-order valence-electron chi connectivity index (χ4n) is 2.46. The molecular formula is C22H19N3O4. The van der Waals surface area contributed by atoms with Crippen LogP contribution >= 0.6 is 0 Å². The molecular weight excluding hydrogens is 370 g/mol. The molecule has 0 spiro atoms. The summed E-state index contributed by atoms with van der Waals surface area (Å²) in [6.45, 7) is 0.271. The van der Waals surface area contributed by atoms with Gasteiger partial charge in [-0.3, -0.25) is 0 Å². The van der Waals surface area contributed by atoms with E-state index in [1.54, 1.807) is 30.3 Å². The number of hydrogen-bond donors (Lipinski definition) is 3. The van der Waals surface area contributed by atoms with Crippen LogP contribution in [0.4, 0.5) is 10.5 Å². The van der Waals surface area contributed by atoms with E-state index < -0.39 is 12.0 Å². The number of nitrogens with zero attached hydrogens (tertiary/aromatic N) is 1. The van der Waals surface area contributed by atoms with Gasteiger partial charge in [0.1, 0.15) is 12.4 Å². The zero-order chi connectivity index (χ0) is 20.5. The summed E-state index contributed by atoms with van der Waals surface area (Å²) in [5, 5.41) is 15.6. The van der Waals surface area contributed by atoms with Gasteiger partial charge in [0.2, 0.25) is 0 Å². The van der Waals surface area contributed by atoms with Crippen LogP contribution in [0.5, 0.6) is 5.75 Å². The normalized spacial score (nSPS) is 10.5. The summed E-state index contributed by atoms with van der Waals surface area (Å²) in [5.41, 5.74) is 4.82. The molecule has 3 aromatic rings. The Morgan fingerprint density at radius 1 is 0.931 bits per heavy atom. The third-order valence-corrected chi connectivity index (χ3v) is 3.92. The van der Waals surface area contributed by atoms with Crippen molar-refractivity contribution in [3.05, 3.63) is 95.6 Å². The molecule has 3 N–H and O–H groups in total. The molecule has 2 amide bonds. The Labute approximate surface area is 167 Å². The number of urea groups is 1. The van der Waals surface area contributed by atoms with Crippen LogP contribution in [0.1, 0.15) is 21.5 Å². The molecule has 7 heteroatoms. The van der Waals surface area contributed by atoms with E-state index in [9.17, 15) is 9.59 Å². The highest BCUT2D eigenvalue weighted by Gasteiger charge is 2.05. The zero-order valence-electron chi connectivity index (χ0n) is 15.4. The van der Waals surface area contributed by atoms with Gasteiger partial charge >= 0.3 is 12.0 Å². The van der Waals surface area contributed by atoms with Crippen LogP contribution in [0.25, 0.3) is 0 Å². The lowest BCUT2D eigenvalue weighted by Gasteiger charge is -2.09. The van der Waals surface area contributed by atoms with Crippen molar-refractivity contribution in [3.63, 3.8) is 0 Å². The van der Waals surface area contributed by atoms with E-state index in [0.717, 1.165) is 5.56 Å². The Balaban J connectivity index is 1.57. The highest BCUT2D eigenvalue weighted by Crippen LogP contribution is 2.18. The number of ether oxygens (including phenoxy) is 1. The SMILES string of the molecule is O=C(N/N=C/c1ccccc1OCc1ccc(C(=O)O)cc1)Nc1ccccc1. The lowest BCUT2D eigenvalue weighted by atomic mass is 10.1. The van der Waals surface area contributed by atoms with Gasteiger partial charge in [-0.1, -0.05) is 42.5 Å². The first-order valence-electron chi connectivity index (χ1n) is 8.81. The van der Waals surface area contributed by atoms with Gasteiger partial charge in [-0.05, 0) is 42.0 Å². The predicted octanol–water partition coefficient (Wildman–Crippen LogP) is 4.12. The number of rotatable bonds is 7. The van der Waals surface area contributed by atoms with Gasteiger partial charge < -0.3 is 15.2 Å². The van der Waals surface area contributed by atoms with E-state index in [0.29, 0.717) is 17.0 Å². The van der Waals surface area contributed by atoms with Gasteiger partial charge in [0.05, 0.1) is 11.8 Å². The number of anilines is 1. The van der Waals surface area contributed by atoms with E-state index in [2.05, 4.69) is 15.8 Å². The molecule has 0 radical (unpaired) electrons. The smallest absolute Gasteiger partial charge is 0.339 e. The molecule has 29 heavy (non-hydrogen) atoms. The van der Waals surface area contributed by atoms with Gasteiger partial charge in [-0.2, -0.15) is 5.10 Å². The first-order valence-corrected chi connectivity index (χ1v) is 8.81. The number of carboxylic acids is 1. The number of nitrogens with one attached hydrogen (secondary N) is 2. The molecule has 0 unspecified atom stereocenters. The second-order valence-electron chi connectivity index (χ2n) is 6.02. The monoisotopic (exact) mass is 389 g/mol. The Morgan fingerprint density at radius 2 is 1.62 bits per heavy atom. The minimum atomic E-state index is -0.970. The van der Waals surface area contributed by atoms with E-state index in [1.807, 2.05) is 36.4 Å². The summed E-state index contributed by atoms with van der Waals surface area (Å²) in [4.78, 5) is 22.8. The number of amides is 2. The molecule has 0 saturated heterocycles. The molecule has 0 aliphatic carbocycles. The maximum atomic E-state index is 11.9. The number of hydrogen-bond acceptors (Lipinski definition) is 4. The Morgan fingerprint density at radius 3 is 2.34 bits per heavy atom. The molecule has 0 aromatic heterocycles. The fourth-order valence-corrected chi connectivity index (χ4v) is 2.46. The number of carbonyl (C=O) groups excluding carboxylic acids is 1. The number of benzene rings is 3. The average molecular weight is 389 g/mol. The van der Waals surface area contributed by atoms with Crippen LogP contribution in [-0.2, 0) is 6.61 Å². The van der Waals surface area contributed by atoms with Crippen LogP contribution in [0.2, 0.25) is 0 Å². The zero-order valence-corrected chi connectivity index (χ0v) is 15.4. The lowest BCUT2D eigenvalue weighted by Crippen LogP contribution is -2.24. The van der Waals surface area contributed by atoms with Gasteiger partial charge in [-0.25, -0.2) is 15.0 Å². The lowest BCUT2D eigenvalue weighted by molar-refractivity contribution is 0.0697. The van der Waals surface area contributed by atoms with Crippen molar-refractivity contribution >= 4 is 23.9 Å². The molecule has 0 aliphatic heterocycles. The van der Waals surface area contributed by atoms with Crippen molar-refractivity contribution in [2.24, 2.45) is 5.10 Å². The molecule has 0 bridgehead atoms. The minimum absolute atomic E-state index is 0.223. The van der Waals surface area contributed by atoms with Gasteiger partial charge in [-0.15, -0.1) is 0 Å². The molecule has 146 valence electrons. The summed E-state index contributed by atoms with van der Waals surface area (Å²) < 4.78 is 5.81. The van der Waals surface area contributed by atoms with E-state index >= 15 is 0 Å². The standard InChI is InChI=1S/C22H19N3O4/c26-21(27)17-12-10-16(11-13-17)15-29-20-9-5-4-6-18(20)14-23-25-22(28)24-19-7-2-1-3-8-19/h1-14H,15H2,(H,26,27)(H2,24,25,28)/b23-14+. The highest BCUT2D eigenvalue weighted by molar-refractivity contribution is 5.91. The van der Waals surface area contributed by atoms with Crippen molar-refractivity contribution in [3.8, 4) is 5.75 Å². The maximum absolute atomic E-state index is 11.9. The molecule has 7 nitrogen and oxygen atoms in total. The molecule has 0 atom stereocenters. The second kappa shape index (κ2) is 9.70. The van der Waals surface area contributed by atoms with Gasteiger partial charge in [0.25, 0.3) is 0 Å². The van der Waals surface area contributed by atoms with E-state index in [-0.39, 0.29) is 12.2 Å². The molecule has 0 saturated carbocycles. The maximum Gasteiger partial charge on any atom is 0.339 e. The van der Waals surface area contributed by atoms with Crippen LogP contribution in [0.3, 0.4) is 0 Å². The summed E-state index contributed by atoms with van der Waals surface area (Å²) in [5.74, 6) is -0.383. The van der Waals surface area contributed by atoms with Crippen LogP contribution in [-0.4, -0.2) is 23.3 Å². The van der Waals surface area contributed by atoms with E-state index in [1.165, 1.54) is 18.3 Å². The quantitative estimate of drug-likeness (QED) is 0.418. The van der Waals surface area contributed by atoms with Crippen molar-refractivity contribution in [1.82, 2.24) is 5.43 Å². The van der Waals surface area contributed by atoms with Crippen molar-refractivity contribution in [2.75, 3.05) is 5.32 Å². The van der Waals surface area contributed by atoms with Crippen molar-refractivity contribution < 1.29 is 19.4 Å². The summed E-state index contributed by atoms with van der Waals surface area (Å²) >= 11 is 0. The van der Waals surface area contributed by atoms with Crippen molar-refractivity contribution in [2.45, 2.75) is 6.61 Å². The van der Waals surface area contributed by atoms with E-state index in [4.69, 9.17) is 9.84 Å². The van der Waals surface area contributed by atoms with Crippen LogP contribution < -0.4 is 15.5 Å². The summed E-state index contributed by atoms with van der Waals surface area (Å²) in [6, 6.07) is 22.3. The molecule has 0 aliphatic rings. The number of carboxylic acid groups (broad SMARTS) is 1. The number of para-hydroxylation sites is 2. The molecule has 0 fully saturated rings. The predicted molar refractivity (Wildman–Crippen MR) is 110 cm³/mol. The fraction of sp³-hybridized carbons (Fsp3) is 0.0455. The van der Waals surface area contributed by atoms with Crippen LogP contribution in [0.15, 0.2) is 84.0 Å². The average Bonchev–Trinajstić information content (AvgIpc) is 2.74. The third-order valence-electron chi connectivity index (χ3n) is 3.92. The minimum Gasteiger partial charge on any atom is -0.488 e. The number of aromatic carboxylic acids is 1. The summed E-state index contributed by atoms with van der Waals surface area (Å²) in [6.07, 6.45) is 1.49. The third kappa shape index (κ3) is 5.93. The number of carbonyl (C=O) groups is 2. The Hall–Kier alpha value is -4.13. The molecule has 3 aromatic carbocycles. The van der Waals surface area contributed by atoms with Crippen LogP contribution in [0, 0.1) is 0 Å². The topological polar surface area (TPSA) is 100 Å². The molecule has 0 heterocycles. The second-order valence-corrected chi connectivity index (χ2v) is 6.02. The van der Waals surface area contributed by atoms with Gasteiger partial charge in [0.15, 0.2) is 0 Å². The number of hydrazone groups is 1. The Bertz CT molecular complexity index is 1000. The van der Waals surface area contributed by atoms with Crippen molar-refractivity contribution in [1.29, 1.82) is 0 Å². The summed E-state index contributed by atoms with van der Waals surface area (Å²) in [7, 11) is 0. The van der Waals surface area contributed by atoms with Gasteiger partial charge in [0, 0.05) is 11.3 Å². The first kappa shape index (κ1) is 19.6. The molecule has 3 rings (SSSR count). The first-order chi connectivity index (χ1) is 14.1. The Kier molecular flexibility index (Phi) is 6.57.